The molecular formula is C22H20N2O7S. The fraction of sp³-hybridized carbons (Fsp3) is 0.182. The number of non-ortho nitro benzene ring substituents is 1. The Balaban J connectivity index is 1.85. The zero-order chi connectivity index (χ0) is 23.1. The predicted octanol–water partition coefficient (Wildman–Crippen LogP) is 4.53. The molecule has 0 atom stereocenters. The van der Waals surface area contributed by atoms with Crippen LogP contribution in [-0.2, 0) is 9.53 Å². The van der Waals surface area contributed by atoms with Crippen LogP contribution >= 0.6 is 11.3 Å². The van der Waals surface area contributed by atoms with Crippen LogP contribution in [0.15, 0.2) is 53.9 Å². The summed E-state index contributed by atoms with van der Waals surface area (Å²) in [5.41, 5.74) is 0.907. The fourth-order valence-corrected chi connectivity index (χ4v) is 3.87. The van der Waals surface area contributed by atoms with Gasteiger partial charge in [-0.25, -0.2) is 4.79 Å². The molecule has 32 heavy (non-hydrogen) atoms. The van der Waals surface area contributed by atoms with Crippen LogP contribution in [0, 0.1) is 10.1 Å². The zero-order valence-electron chi connectivity index (χ0n) is 17.3. The second-order valence-corrected chi connectivity index (χ2v) is 7.25. The number of nitrogens with zero attached hydrogens (tertiary/aromatic N) is 1. The minimum absolute atomic E-state index is 0.112. The first-order valence-electron chi connectivity index (χ1n) is 9.53. The highest BCUT2D eigenvalue weighted by atomic mass is 32.1. The molecule has 0 saturated heterocycles. The standard InChI is InChI=1S/C22H20N2O7S/c1-3-30-22(26)20-16(14-7-6-8-15(11-14)24(27)28)13-32-21(20)23-19(25)12-31-18-10-5-4-9-17(18)29-2/h4-11,13H,3,12H2,1-2H3,(H,23,25). The van der Waals surface area contributed by atoms with Crippen molar-refractivity contribution in [3.05, 3.63) is 69.6 Å². The number of benzene rings is 2. The molecule has 0 radical (unpaired) electrons. The van der Waals surface area contributed by atoms with Gasteiger partial charge in [0, 0.05) is 23.1 Å². The van der Waals surface area contributed by atoms with Crippen LogP contribution in [0.2, 0.25) is 0 Å². The largest absolute Gasteiger partial charge is 0.493 e. The van der Waals surface area contributed by atoms with E-state index in [0.717, 1.165) is 11.3 Å². The first kappa shape index (κ1) is 22.8. The number of carbonyl (C=O) groups excluding carboxylic acids is 2. The summed E-state index contributed by atoms with van der Waals surface area (Å²) in [6.07, 6.45) is 0. The number of hydrogen-bond acceptors (Lipinski definition) is 8. The molecule has 1 amide bonds. The molecule has 3 aromatic rings. The Hall–Kier alpha value is -3.92. The van der Waals surface area contributed by atoms with E-state index in [4.69, 9.17) is 14.2 Å². The number of para-hydroxylation sites is 2. The quantitative estimate of drug-likeness (QED) is 0.286. The summed E-state index contributed by atoms with van der Waals surface area (Å²) in [6.45, 7) is 1.48. The van der Waals surface area contributed by atoms with Crippen LogP contribution in [-0.4, -0.2) is 37.1 Å². The number of hydrogen-bond donors (Lipinski definition) is 1. The van der Waals surface area contributed by atoms with E-state index in [1.54, 1.807) is 42.6 Å². The summed E-state index contributed by atoms with van der Waals surface area (Å²) in [6, 6.07) is 12.8. The van der Waals surface area contributed by atoms with Gasteiger partial charge in [-0.3, -0.25) is 14.9 Å². The molecule has 3 rings (SSSR count). The molecule has 0 aliphatic rings. The third-order valence-electron chi connectivity index (χ3n) is 4.32. The summed E-state index contributed by atoms with van der Waals surface area (Å²) in [5.74, 6) is -0.249. The molecule has 0 bridgehead atoms. The van der Waals surface area contributed by atoms with Gasteiger partial charge in [-0.15, -0.1) is 11.3 Å². The Morgan fingerprint density at radius 2 is 1.88 bits per heavy atom. The van der Waals surface area contributed by atoms with Gasteiger partial charge in [-0.2, -0.15) is 0 Å². The van der Waals surface area contributed by atoms with Crippen LogP contribution in [0.4, 0.5) is 10.7 Å². The molecule has 0 spiro atoms. The van der Waals surface area contributed by atoms with Gasteiger partial charge in [-0.05, 0) is 24.6 Å². The number of nitro groups is 1. The van der Waals surface area contributed by atoms with Crippen molar-refractivity contribution in [2.45, 2.75) is 6.92 Å². The second kappa shape index (κ2) is 10.4. The Kier molecular flexibility index (Phi) is 7.40. The van der Waals surface area contributed by atoms with Crippen molar-refractivity contribution in [1.82, 2.24) is 0 Å². The number of thiophene rings is 1. The van der Waals surface area contributed by atoms with E-state index in [1.165, 1.54) is 25.3 Å². The molecule has 1 aromatic heterocycles. The summed E-state index contributed by atoms with van der Waals surface area (Å²) >= 11 is 1.11. The molecule has 0 unspecified atom stereocenters. The lowest BCUT2D eigenvalue weighted by Gasteiger charge is -2.11. The Bertz CT molecular complexity index is 1140. The summed E-state index contributed by atoms with van der Waals surface area (Å²) < 4.78 is 15.9. The van der Waals surface area contributed by atoms with Crippen LogP contribution in [0.25, 0.3) is 11.1 Å². The van der Waals surface area contributed by atoms with Gasteiger partial charge in [0.15, 0.2) is 18.1 Å². The van der Waals surface area contributed by atoms with E-state index in [9.17, 15) is 19.7 Å². The highest BCUT2D eigenvalue weighted by molar-refractivity contribution is 7.15. The Morgan fingerprint density at radius 1 is 1.12 bits per heavy atom. The van der Waals surface area contributed by atoms with Crippen LogP contribution in [0.5, 0.6) is 11.5 Å². The van der Waals surface area contributed by atoms with Crippen molar-refractivity contribution in [1.29, 1.82) is 0 Å². The van der Waals surface area contributed by atoms with Gasteiger partial charge in [0.2, 0.25) is 0 Å². The number of anilines is 1. The van der Waals surface area contributed by atoms with Crippen molar-refractivity contribution >= 4 is 33.9 Å². The van der Waals surface area contributed by atoms with E-state index < -0.39 is 16.8 Å². The van der Waals surface area contributed by atoms with E-state index >= 15 is 0 Å². The molecule has 166 valence electrons. The smallest absolute Gasteiger partial charge is 0.341 e. The van der Waals surface area contributed by atoms with E-state index in [-0.39, 0.29) is 29.5 Å². The number of nitro benzene ring substituents is 1. The minimum atomic E-state index is -0.642. The molecule has 0 aliphatic carbocycles. The van der Waals surface area contributed by atoms with Crippen molar-refractivity contribution in [2.24, 2.45) is 0 Å². The number of amides is 1. The highest BCUT2D eigenvalue weighted by Gasteiger charge is 2.24. The van der Waals surface area contributed by atoms with Crippen molar-refractivity contribution in [2.75, 3.05) is 25.6 Å². The predicted molar refractivity (Wildman–Crippen MR) is 119 cm³/mol. The Labute approximate surface area is 187 Å². The van der Waals surface area contributed by atoms with Crippen LogP contribution in [0.3, 0.4) is 0 Å². The van der Waals surface area contributed by atoms with Gasteiger partial charge in [0.25, 0.3) is 11.6 Å². The number of esters is 1. The molecule has 10 heteroatoms. The normalized spacial score (nSPS) is 10.3. The van der Waals surface area contributed by atoms with Crippen LogP contribution in [0.1, 0.15) is 17.3 Å². The molecule has 2 aromatic carbocycles. The maximum absolute atomic E-state index is 12.6. The number of rotatable bonds is 9. The molecule has 0 aliphatic heterocycles. The number of methoxy groups -OCH3 is 1. The summed E-state index contributed by atoms with van der Waals surface area (Å²) in [7, 11) is 1.50. The van der Waals surface area contributed by atoms with Gasteiger partial charge in [0.1, 0.15) is 10.6 Å². The second-order valence-electron chi connectivity index (χ2n) is 6.37. The molecule has 0 fully saturated rings. The van der Waals surface area contributed by atoms with Crippen molar-refractivity contribution < 1.29 is 28.7 Å². The average molecular weight is 456 g/mol. The molecule has 9 nitrogen and oxygen atoms in total. The number of ether oxygens (including phenoxy) is 3. The molecule has 1 heterocycles. The van der Waals surface area contributed by atoms with Crippen molar-refractivity contribution in [3.8, 4) is 22.6 Å². The van der Waals surface area contributed by atoms with Gasteiger partial charge >= 0.3 is 5.97 Å². The minimum Gasteiger partial charge on any atom is -0.493 e. The van der Waals surface area contributed by atoms with Gasteiger partial charge < -0.3 is 19.5 Å². The van der Waals surface area contributed by atoms with Crippen molar-refractivity contribution in [3.63, 3.8) is 0 Å². The summed E-state index contributed by atoms with van der Waals surface area (Å²) in [5, 5.41) is 15.7. The number of nitrogens with one attached hydrogen (secondary N) is 1. The monoisotopic (exact) mass is 456 g/mol. The first-order valence-corrected chi connectivity index (χ1v) is 10.4. The zero-order valence-corrected chi connectivity index (χ0v) is 18.1. The lowest BCUT2D eigenvalue weighted by atomic mass is 10.0. The maximum atomic E-state index is 12.6. The fourth-order valence-electron chi connectivity index (χ4n) is 2.90. The number of carbonyl (C=O) groups is 2. The average Bonchev–Trinajstić information content (AvgIpc) is 3.21. The van der Waals surface area contributed by atoms with Crippen LogP contribution < -0.4 is 14.8 Å². The molecule has 1 N–H and O–H groups in total. The summed E-state index contributed by atoms with van der Waals surface area (Å²) in [4.78, 5) is 35.7. The lowest BCUT2D eigenvalue weighted by Crippen LogP contribution is -2.21. The Morgan fingerprint density at radius 3 is 2.56 bits per heavy atom. The molecular weight excluding hydrogens is 436 g/mol. The first-order chi connectivity index (χ1) is 15.4. The van der Waals surface area contributed by atoms with E-state index in [2.05, 4.69) is 5.32 Å². The van der Waals surface area contributed by atoms with Gasteiger partial charge in [0.05, 0.1) is 18.6 Å². The lowest BCUT2D eigenvalue weighted by molar-refractivity contribution is -0.384. The SMILES string of the molecule is CCOC(=O)c1c(-c2cccc([N+](=O)[O-])c2)csc1NC(=O)COc1ccccc1OC. The highest BCUT2D eigenvalue weighted by Crippen LogP contribution is 2.37. The van der Waals surface area contributed by atoms with E-state index in [1.807, 2.05) is 0 Å². The third kappa shape index (κ3) is 5.22. The maximum Gasteiger partial charge on any atom is 0.341 e. The molecule has 0 saturated carbocycles. The topological polar surface area (TPSA) is 117 Å². The third-order valence-corrected chi connectivity index (χ3v) is 5.21. The van der Waals surface area contributed by atoms with E-state index in [0.29, 0.717) is 22.6 Å². The van der Waals surface area contributed by atoms with Gasteiger partial charge in [-0.1, -0.05) is 24.3 Å².